The number of nitrogens with zero attached hydrogens (tertiary/aromatic N) is 1. The van der Waals surface area contributed by atoms with Crippen LogP contribution in [-0.4, -0.2) is 221 Å². The normalized spacial score (nSPS) is 17.8. The number of nitrogens with two attached hydrogens (primary N) is 2. The Morgan fingerprint density at radius 1 is 0.651 bits per heavy atom. The number of nitrogens with one attached hydrogen (secondary N) is 10. The lowest BCUT2D eigenvalue weighted by atomic mass is 9.97. The van der Waals surface area contributed by atoms with E-state index in [1.165, 1.54) is 6.92 Å². The Bertz CT molecular complexity index is 2450. The molecule has 20 N–H and O–H groups in total. The van der Waals surface area contributed by atoms with Gasteiger partial charge in [0.25, 0.3) is 0 Å². The van der Waals surface area contributed by atoms with Crippen molar-refractivity contribution in [2.24, 2.45) is 16.5 Å². The summed E-state index contributed by atoms with van der Waals surface area (Å²) in [6, 6.07) is -0.183. The van der Waals surface area contributed by atoms with Gasteiger partial charge >= 0.3 is 11.9 Å². The Hall–Kier alpha value is -8.37. The largest absolute Gasteiger partial charge is 0.481 e. The van der Waals surface area contributed by atoms with E-state index in [2.05, 4.69) is 59.4 Å². The van der Waals surface area contributed by atoms with Crippen molar-refractivity contribution in [3.05, 3.63) is 48.6 Å². The lowest BCUT2D eigenvalue weighted by molar-refractivity contribution is -0.270. The van der Waals surface area contributed by atoms with Crippen LogP contribution in [-0.2, 0) is 73.4 Å². The molecule has 0 radical (unpaired) electrons. The summed E-state index contributed by atoms with van der Waals surface area (Å²) in [6.45, 7) is 1.54. The third kappa shape index (κ3) is 29.9. The Morgan fingerprint density at radius 3 is 1.81 bits per heavy atom. The standard InChI is InChI=1S/C53H83N13O20/c1-3-38(70)56-20-10-5-8-18-40(72)63-34(24-31-14-6-4-7-15-31)49(81)65-33(16-9-11-21-57-39(71)19-13-23-85-52-44(61-30(2)69)46(78)45(77)37(29-68)86-52)48(80)60-26-41(73)62-32(17-12-22-58-53(54)55)47(79)59-27-42(74)64-35(25-43(75)76)50(82)66-36(28-67)51(83)84/h3-4,6-7,14-15,32-37,44-46,52,67-68,77-78H,1,5,8-13,16-29H2,2H3,(H,56,70)(H,57,71)(H,59,79)(H,60,80)(H,61,69)(H,62,73)(H,63,72)(H,64,74)(H,65,81)(H,66,82)(H,75,76)(H,83,84)(H4,54,55,58)/t32-,33-,34-,35-,36-,37?,44?,45-,46+,52+/m0/s1. The highest BCUT2D eigenvalue weighted by Gasteiger charge is 2.45. The fourth-order valence-corrected chi connectivity index (χ4v) is 8.26. The molecule has 0 bridgehead atoms. The molecule has 0 saturated carbocycles. The zero-order valence-corrected chi connectivity index (χ0v) is 47.8. The van der Waals surface area contributed by atoms with Gasteiger partial charge in [-0.15, -0.1) is 0 Å². The molecule has 10 amide bonds. The van der Waals surface area contributed by atoms with Gasteiger partial charge < -0.3 is 105 Å². The van der Waals surface area contributed by atoms with Gasteiger partial charge in [0.05, 0.1) is 39.3 Å². The molecule has 0 aliphatic carbocycles. The van der Waals surface area contributed by atoms with Crippen LogP contribution in [0.15, 0.2) is 48.0 Å². The molecule has 10 atom stereocenters. The van der Waals surface area contributed by atoms with Crippen LogP contribution < -0.4 is 64.6 Å². The number of hydrogen-bond donors (Lipinski definition) is 18. The second-order valence-corrected chi connectivity index (χ2v) is 19.7. The molecule has 1 aromatic carbocycles. The molecule has 1 aromatic rings. The van der Waals surface area contributed by atoms with Gasteiger partial charge in [0.2, 0.25) is 59.1 Å². The molecular formula is C53H83N13O20. The van der Waals surface area contributed by atoms with Gasteiger partial charge in [-0.3, -0.25) is 57.7 Å². The number of amides is 10. The van der Waals surface area contributed by atoms with Gasteiger partial charge in [0.15, 0.2) is 12.2 Å². The number of benzene rings is 1. The number of carbonyl (C=O) groups excluding carboxylic acids is 10. The average Bonchev–Trinajstić information content (AvgIpc) is 2.23. The minimum Gasteiger partial charge on any atom is -0.481 e. The fourth-order valence-electron chi connectivity index (χ4n) is 8.26. The minimum absolute atomic E-state index is 0.00201. The molecule has 2 rings (SSSR count). The maximum absolute atomic E-state index is 14.2. The van der Waals surface area contributed by atoms with Crippen molar-refractivity contribution >= 4 is 77.0 Å². The molecule has 0 aromatic heterocycles. The van der Waals surface area contributed by atoms with Crippen molar-refractivity contribution in [2.45, 2.75) is 151 Å². The second kappa shape index (κ2) is 40.8. The summed E-state index contributed by atoms with van der Waals surface area (Å²) in [4.78, 5) is 156. The molecule has 1 aliphatic rings. The van der Waals surface area contributed by atoms with E-state index in [1.807, 2.05) is 5.32 Å². The molecule has 1 heterocycles. The molecular weight excluding hydrogens is 1140 g/mol. The van der Waals surface area contributed by atoms with E-state index in [9.17, 15) is 83.1 Å². The van der Waals surface area contributed by atoms with E-state index in [4.69, 9.17) is 26.0 Å². The van der Waals surface area contributed by atoms with Crippen LogP contribution in [0.1, 0.15) is 89.5 Å². The number of guanidine groups is 1. The number of aliphatic carboxylic acids is 2. The molecule has 33 heteroatoms. The van der Waals surface area contributed by atoms with E-state index in [1.54, 1.807) is 30.3 Å². The van der Waals surface area contributed by atoms with Gasteiger partial charge in [-0.2, -0.15) is 0 Å². The van der Waals surface area contributed by atoms with Crippen LogP contribution in [0.25, 0.3) is 0 Å². The minimum atomic E-state index is -1.85. The van der Waals surface area contributed by atoms with Crippen LogP contribution >= 0.6 is 0 Å². The highest BCUT2D eigenvalue weighted by Crippen LogP contribution is 2.22. The van der Waals surface area contributed by atoms with E-state index in [-0.39, 0.29) is 89.4 Å². The van der Waals surface area contributed by atoms with Crippen molar-refractivity contribution in [3.63, 3.8) is 0 Å². The number of hydrogen-bond acceptors (Lipinski definition) is 19. The Labute approximate surface area is 495 Å². The first-order valence-corrected chi connectivity index (χ1v) is 27.8. The highest BCUT2D eigenvalue weighted by atomic mass is 16.7. The summed E-state index contributed by atoms with van der Waals surface area (Å²) in [5.41, 5.74) is 11.5. The lowest BCUT2D eigenvalue weighted by Crippen LogP contribution is -2.64. The Kier molecular flexibility index (Phi) is 35.0. The highest BCUT2D eigenvalue weighted by molar-refractivity contribution is 5.96. The zero-order valence-electron chi connectivity index (χ0n) is 47.8. The van der Waals surface area contributed by atoms with Gasteiger partial charge in [0.1, 0.15) is 54.6 Å². The second-order valence-electron chi connectivity index (χ2n) is 19.7. The van der Waals surface area contributed by atoms with Gasteiger partial charge in [-0.1, -0.05) is 43.3 Å². The summed E-state index contributed by atoms with van der Waals surface area (Å²) in [6.07, 6.45) is -3.42. The maximum Gasteiger partial charge on any atom is 0.328 e. The predicted octanol–water partition coefficient (Wildman–Crippen LogP) is -6.62. The lowest BCUT2D eigenvalue weighted by Gasteiger charge is -2.42. The zero-order chi connectivity index (χ0) is 64.1. The van der Waals surface area contributed by atoms with Gasteiger partial charge in [-0.05, 0) is 63.0 Å². The number of aliphatic hydroxyl groups is 4. The van der Waals surface area contributed by atoms with Crippen molar-refractivity contribution in [2.75, 3.05) is 52.5 Å². The third-order valence-corrected chi connectivity index (χ3v) is 12.7. The first-order chi connectivity index (χ1) is 40.9. The molecule has 86 heavy (non-hydrogen) atoms. The molecule has 33 nitrogen and oxygen atoms in total. The van der Waals surface area contributed by atoms with Gasteiger partial charge in [0, 0.05) is 45.8 Å². The Balaban J connectivity index is 2.23. The van der Waals surface area contributed by atoms with Crippen LogP contribution in [0, 0.1) is 0 Å². The van der Waals surface area contributed by atoms with E-state index in [0.717, 1.165) is 6.08 Å². The van der Waals surface area contributed by atoms with Crippen molar-refractivity contribution in [1.82, 2.24) is 53.2 Å². The summed E-state index contributed by atoms with van der Waals surface area (Å²) in [7, 11) is 0. The quantitative estimate of drug-likeness (QED) is 0.0125. The van der Waals surface area contributed by atoms with Crippen molar-refractivity contribution in [3.8, 4) is 0 Å². The maximum atomic E-state index is 14.2. The molecule has 1 fully saturated rings. The SMILES string of the molecule is C=CC(=O)NCCCCCC(=O)N[C@@H](Cc1ccccc1)C(=O)N[C@@H](CCCCNC(=O)CCCO[C@@H]1OC(CO)[C@H](O)[C@H](O)C1NC(C)=O)C(=O)NCC(=O)N[C@@H](CCCN=C(N)N)C(=O)NCC(=O)N[C@@H](CC(=O)O)C(=O)N[C@@H](CO)C(=O)O. The number of carboxylic acid groups (broad SMARTS) is 2. The first-order valence-electron chi connectivity index (χ1n) is 27.8. The summed E-state index contributed by atoms with van der Waals surface area (Å²) in [5.74, 6) is -11.2. The fraction of sp³-hybridized carbons (Fsp3) is 0.604. The number of unbranched alkanes of at least 4 members (excludes halogenated alkanes) is 3. The molecule has 0 spiro atoms. The van der Waals surface area contributed by atoms with Crippen molar-refractivity contribution in [1.29, 1.82) is 0 Å². The van der Waals surface area contributed by atoms with Gasteiger partial charge in [-0.25, -0.2) is 4.79 Å². The van der Waals surface area contributed by atoms with E-state index < -0.39 is 159 Å². The number of carboxylic acids is 2. The monoisotopic (exact) mass is 1220 g/mol. The summed E-state index contributed by atoms with van der Waals surface area (Å²) < 4.78 is 11.2. The smallest absolute Gasteiger partial charge is 0.328 e. The number of rotatable bonds is 42. The first kappa shape index (κ1) is 73.7. The van der Waals surface area contributed by atoms with Crippen LogP contribution in [0.5, 0.6) is 0 Å². The molecule has 1 aliphatic heterocycles. The Morgan fingerprint density at radius 2 is 1.22 bits per heavy atom. The van der Waals surface area contributed by atoms with Crippen molar-refractivity contribution < 1.29 is 97.6 Å². The third-order valence-electron chi connectivity index (χ3n) is 12.7. The average molecular weight is 1220 g/mol. The topological polar surface area (TPSA) is 529 Å². The van der Waals surface area contributed by atoms with Crippen LogP contribution in [0.3, 0.4) is 0 Å². The number of aliphatic hydroxyl groups excluding tert-OH is 4. The number of aliphatic imine (C=N–C) groups is 1. The number of ether oxygens (including phenoxy) is 2. The summed E-state index contributed by atoms with van der Waals surface area (Å²) >= 11 is 0. The predicted molar refractivity (Wildman–Crippen MR) is 302 cm³/mol. The van der Waals surface area contributed by atoms with E-state index in [0.29, 0.717) is 31.4 Å². The summed E-state index contributed by atoms with van der Waals surface area (Å²) in [5, 5.41) is 82.3. The molecule has 2 unspecified atom stereocenters. The van der Waals surface area contributed by atoms with Crippen LogP contribution in [0.4, 0.5) is 0 Å². The number of carbonyl (C=O) groups is 12. The van der Waals surface area contributed by atoms with E-state index >= 15 is 0 Å². The molecule has 480 valence electrons. The molecule has 1 saturated heterocycles. The van der Waals surface area contributed by atoms with Crippen LogP contribution in [0.2, 0.25) is 0 Å².